The van der Waals surface area contributed by atoms with Gasteiger partial charge >= 0.3 is 0 Å². The molecule has 4 heteroatoms. The van der Waals surface area contributed by atoms with Crippen molar-refractivity contribution < 1.29 is 4.74 Å². The first kappa shape index (κ1) is 12.9. The quantitative estimate of drug-likeness (QED) is 0.895. The van der Waals surface area contributed by atoms with Gasteiger partial charge in [0.2, 0.25) is 0 Å². The molecule has 2 aromatic rings. The molecule has 0 fully saturated rings. The van der Waals surface area contributed by atoms with Crippen molar-refractivity contribution in [1.29, 1.82) is 0 Å². The van der Waals surface area contributed by atoms with Gasteiger partial charge in [0.25, 0.3) is 0 Å². The summed E-state index contributed by atoms with van der Waals surface area (Å²) in [6.45, 7) is 4.16. The fourth-order valence-corrected chi connectivity index (χ4v) is 2.71. The summed E-state index contributed by atoms with van der Waals surface area (Å²) in [6.07, 6.45) is 2.78. The summed E-state index contributed by atoms with van der Waals surface area (Å²) in [4.78, 5) is 5.62. The summed E-state index contributed by atoms with van der Waals surface area (Å²) in [5.41, 5.74) is 2.00. The Morgan fingerprint density at radius 2 is 2.33 bits per heavy atom. The minimum atomic E-state index is 0.361. The third-order valence-corrected chi connectivity index (χ3v) is 3.61. The summed E-state index contributed by atoms with van der Waals surface area (Å²) < 4.78 is 5.31. The number of hydrogen-bond acceptors (Lipinski definition) is 4. The van der Waals surface area contributed by atoms with Crippen LogP contribution < -0.4 is 10.1 Å². The van der Waals surface area contributed by atoms with Gasteiger partial charge in [0.1, 0.15) is 0 Å². The van der Waals surface area contributed by atoms with Gasteiger partial charge in [-0.2, -0.15) is 0 Å². The number of aryl methyl sites for hydroxylation is 1. The van der Waals surface area contributed by atoms with Gasteiger partial charge in [-0.25, -0.2) is 0 Å². The Kier molecular flexibility index (Phi) is 4.20. The third kappa shape index (κ3) is 3.23. The highest BCUT2D eigenvalue weighted by atomic mass is 32.1. The van der Waals surface area contributed by atoms with Crippen LogP contribution in [0, 0.1) is 6.92 Å². The second kappa shape index (κ2) is 5.87. The van der Waals surface area contributed by atoms with Gasteiger partial charge < -0.3 is 10.1 Å². The summed E-state index contributed by atoms with van der Waals surface area (Å²) in [5.74, 6) is 0.790. The van der Waals surface area contributed by atoms with E-state index in [0.717, 1.165) is 23.6 Å². The van der Waals surface area contributed by atoms with Crippen LogP contribution in [0.15, 0.2) is 29.8 Å². The Bertz CT molecular complexity index is 497. The lowest BCUT2D eigenvalue weighted by molar-refractivity contribution is 0.414. The molecule has 0 aromatic carbocycles. The lowest BCUT2D eigenvalue weighted by atomic mass is 10.2. The highest BCUT2D eigenvalue weighted by Crippen LogP contribution is 2.25. The van der Waals surface area contributed by atoms with Gasteiger partial charge in [-0.05, 0) is 31.4 Å². The Morgan fingerprint density at radius 1 is 1.50 bits per heavy atom. The van der Waals surface area contributed by atoms with Crippen LogP contribution in [0.2, 0.25) is 0 Å². The molecule has 3 nitrogen and oxygen atoms in total. The van der Waals surface area contributed by atoms with Gasteiger partial charge in [-0.3, -0.25) is 4.98 Å². The molecule has 2 heterocycles. The normalized spacial score (nSPS) is 12.2. The zero-order chi connectivity index (χ0) is 13.0. The van der Waals surface area contributed by atoms with Crippen LogP contribution in [-0.2, 0) is 6.42 Å². The average molecular weight is 262 g/mol. The molecule has 1 atom stereocenters. The number of ether oxygens (including phenoxy) is 1. The van der Waals surface area contributed by atoms with E-state index >= 15 is 0 Å². The predicted octanol–water partition coefficient (Wildman–Crippen LogP) is 3.50. The van der Waals surface area contributed by atoms with E-state index in [1.165, 1.54) is 4.88 Å². The molecule has 0 radical (unpaired) electrons. The number of rotatable bonds is 5. The van der Waals surface area contributed by atoms with E-state index in [4.69, 9.17) is 4.74 Å². The first-order valence-electron chi connectivity index (χ1n) is 5.98. The minimum absolute atomic E-state index is 0.361. The van der Waals surface area contributed by atoms with Crippen molar-refractivity contribution in [1.82, 2.24) is 4.98 Å². The van der Waals surface area contributed by atoms with Gasteiger partial charge in [0, 0.05) is 23.0 Å². The van der Waals surface area contributed by atoms with Crippen LogP contribution in [-0.4, -0.2) is 18.1 Å². The zero-order valence-electron chi connectivity index (χ0n) is 10.9. The topological polar surface area (TPSA) is 34.1 Å². The molecule has 0 aliphatic carbocycles. The first-order chi connectivity index (χ1) is 8.69. The van der Waals surface area contributed by atoms with E-state index in [1.54, 1.807) is 24.6 Å². The molecule has 0 saturated carbocycles. The maximum Gasteiger partial charge on any atom is 0.160 e. The van der Waals surface area contributed by atoms with Gasteiger partial charge in [0.15, 0.2) is 5.75 Å². The number of aromatic nitrogens is 1. The van der Waals surface area contributed by atoms with Crippen molar-refractivity contribution in [3.63, 3.8) is 0 Å². The van der Waals surface area contributed by atoms with Crippen molar-refractivity contribution in [2.75, 3.05) is 12.4 Å². The number of pyridine rings is 1. The van der Waals surface area contributed by atoms with E-state index in [0.29, 0.717) is 6.04 Å². The molecule has 2 aromatic heterocycles. The minimum Gasteiger partial charge on any atom is -0.493 e. The Morgan fingerprint density at radius 3 is 3.00 bits per heavy atom. The van der Waals surface area contributed by atoms with E-state index in [-0.39, 0.29) is 0 Å². The number of nitrogens with one attached hydrogen (secondary N) is 1. The van der Waals surface area contributed by atoms with Crippen LogP contribution in [0.1, 0.15) is 17.5 Å². The van der Waals surface area contributed by atoms with E-state index < -0.39 is 0 Å². The van der Waals surface area contributed by atoms with Crippen LogP contribution in [0.25, 0.3) is 0 Å². The van der Waals surface area contributed by atoms with E-state index in [1.807, 2.05) is 13.0 Å². The van der Waals surface area contributed by atoms with Crippen LogP contribution in [0.3, 0.4) is 0 Å². The number of thiophene rings is 1. The molecule has 0 spiro atoms. The van der Waals surface area contributed by atoms with Crippen LogP contribution in [0.4, 0.5) is 5.69 Å². The fourth-order valence-electron chi connectivity index (χ4n) is 1.87. The number of hydrogen-bond donors (Lipinski definition) is 1. The summed E-state index contributed by atoms with van der Waals surface area (Å²) >= 11 is 1.79. The number of anilines is 1. The van der Waals surface area contributed by atoms with E-state index in [2.05, 4.69) is 34.7 Å². The third-order valence-electron chi connectivity index (χ3n) is 2.71. The standard InChI is InChI=1S/C14H18N2OS/c1-10-8-13(14(17-3)9-15-10)16-11(2)7-12-5-4-6-18-12/h4-6,8-9,11H,7H2,1-3H3,(H,15,16). The van der Waals surface area contributed by atoms with Gasteiger partial charge in [-0.1, -0.05) is 6.07 Å². The van der Waals surface area contributed by atoms with Crippen molar-refractivity contribution in [3.05, 3.63) is 40.3 Å². The second-order valence-corrected chi connectivity index (χ2v) is 5.39. The molecule has 0 amide bonds. The van der Waals surface area contributed by atoms with E-state index in [9.17, 15) is 0 Å². The molecule has 0 bridgehead atoms. The monoisotopic (exact) mass is 262 g/mol. The van der Waals surface area contributed by atoms with Gasteiger partial charge in [0.05, 0.1) is 19.0 Å². The largest absolute Gasteiger partial charge is 0.493 e. The lowest BCUT2D eigenvalue weighted by Crippen LogP contribution is -2.18. The predicted molar refractivity (Wildman–Crippen MR) is 76.6 cm³/mol. The fraction of sp³-hybridized carbons (Fsp3) is 0.357. The molecule has 2 rings (SSSR count). The zero-order valence-corrected chi connectivity index (χ0v) is 11.8. The van der Waals surface area contributed by atoms with Crippen LogP contribution >= 0.6 is 11.3 Å². The number of nitrogens with zero attached hydrogens (tertiary/aromatic N) is 1. The average Bonchev–Trinajstić information content (AvgIpc) is 2.82. The molecule has 0 saturated heterocycles. The van der Waals surface area contributed by atoms with Crippen LogP contribution in [0.5, 0.6) is 5.75 Å². The molecular weight excluding hydrogens is 244 g/mol. The molecular formula is C14H18N2OS. The Balaban J connectivity index is 2.06. The van der Waals surface area contributed by atoms with Crippen molar-refractivity contribution >= 4 is 17.0 Å². The first-order valence-corrected chi connectivity index (χ1v) is 6.86. The highest BCUT2D eigenvalue weighted by molar-refractivity contribution is 7.09. The molecule has 96 valence electrons. The maximum absolute atomic E-state index is 5.31. The number of methoxy groups -OCH3 is 1. The Labute approximate surface area is 112 Å². The molecule has 1 unspecified atom stereocenters. The lowest BCUT2D eigenvalue weighted by Gasteiger charge is -2.17. The smallest absolute Gasteiger partial charge is 0.160 e. The summed E-state index contributed by atoms with van der Waals surface area (Å²) in [6, 6.07) is 6.63. The maximum atomic E-state index is 5.31. The Hall–Kier alpha value is -1.55. The van der Waals surface area contributed by atoms with Crippen molar-refractivity contribution in [2.45, 2.75) is 26.3 Å². The molecule has 1 N–H and O–H groups in total. The molecule has 18 heavy (non-hydrogen) atoms. The second-order valence-electron chi connectivity index (χ2n) is 4.35. The summed E-state index contributed by atoms with van der Waals surface area (Å²) in [7, 11) is 1.67. The van der Waals surface area contributed by atoms with Gasteiger partial charge in [-0.15, -0.1) is 11.3 Å². The molecule has 0 aliphatic rings. The SMILES string of the molecule is COc1cnc(C)cc1NC(C)Cc1cccs1. The van der Waals surface area contributed by atoms with Crippen molar-refractivity contribution in [3.8, 4) is 5.75 Å². The molecule has 0 aliphatic heterocycles. The van der Waals surface area contributed by atoms with Crippen molar-refractivity contribution in [2.24, 2.45) is 0 Å². The summed E-state index contributed by atoms with van der Waals surface area (Å²) in [5, 5.41) is 5.59. The highest BCUT2D eigenvalue weighted by Gasteiger charge is 2.09.